The highest BCUT2D eigenvalue weighted by molar-refractivity contribution is 6.31. The monoisotopic (exact) mass is 458 g/mol. The Morgan fingerprint density at radius 2 is 1.97 bits per heavy atom. The molecule has 10 nitrogen and oxygen atoms in total. The van der Waals surface area contributed by atoms with Crippen LogP contribution >= 0.6 is 11.6 Å². The van der Waals surface area contributed by atoms with Gasteiger partial charge in [-0.15, -0.1) is 0 Å². The zero-order valence-electron chi connectivity index (χ0n) is 17.4. The summed E-state index contributed by atoms with van der Waals surface area (Å²) in [6, 6.07) is 5.11. The largest absolute Gasteiger partial charge is 0.369 e. The van der Waals surface area contributed by atoms with Gasteiger partial charge < -0.3 is 21.3 Å². The minimum absolute atomic E-state index is 0.0694. The number of benzene rings is 1. The molecule has 1 atom stereocenters. The molecule has 3 heterocycles. The van der Waals surface area contributed by atoms with Gasteiger partial charge in [-0.1, -0.05) is 17.7 Å². The van der Waals surface area contributed by atoms with Gasteiger partial charge in [-0.3, -0.25) is 24.2 Å². The molecule has 2 aliphatic heterocycles. The van der Waals surface area contributed by atoms with Gasteiger partial charge in [0, 0.05) is 36.1 Å². The zero-order valence-corrected chi connectivity index (χ0v) is 18.2. The normalized spacial score (nSPS) is 18.6. The third kappa shape index (κ3) is 4.18. The van der Waals surface area contributed by atoms with Crippen molar-refractivity contribution in [1.82, 2.24) is 9.97 Å². The first-order valence-corrected chi connectivity index (χ1v) is 10.7. The molecule has 5 N–H and O–H groups in total. The highest BCUT2D eigenvalue weighted by atomic mass is 35.5. The maximum absolute atomic E-state index is 13.0. The summed E-state index contributed by atoms with van der Waals surface area (Å²) >= 11 is 6.12. The number of carbonyl (C=O) groups is 3. The van der Waals surface area contributed by atoms with Gasteiger partial charge in [0.2, 0.25) is 23.7 Å². The molecule has 32 heavy (non-hydrogen) atoms. The average molecular weight is 459 g/mol. The van der Waals surface area contributed by atoms with E-state index >= 15 is 0 Å². The van der Waals surface area contributed by atoms with Crippen LogP contribution in [0.3, 0.4) is 0 Å². The summed E-state index contributed by atoms with van der Waals surface area (Å²) in [4.78, 5) is 58.6. The summed E-state index contributed by atoms with van der Waals surface area (Å²) in [6.45, 7) is 2.74. The fourth-order valence-electron chi connectivity index (χ4n) is 4.07. The van der Waals surface area contributed by atoms with Crippen LogP contribution in [-0.4, -0.2) is 40.8 Å². The Balaban J connectivity index is 1.61. The standard InChI is InChI=1S/C21H23ClN6O4/c1-10-13(22)3-2-4-14(10)24-19(31)12-9-15(29)25-18-16(12)20(32)27-21(26-18)28-7-5-11(6-8-28)17(23)30/h2-4,11-12H,5-9H2,1H3,(H2,23,30)(H,24,31)(H2,25,26,27,29,32)/t12-/m1/s1. The number of H-pyrrole nitrogens is 1. The quantitative estimate of drug-likeness (QED) is 0.545. The van der Waals surface area contributed by atoms with E-state index in [9.17, 15) is 19.2 Å². The maximum atomic E-state index is 13.0. The SMILES string of the molecule is Cc1c(Cl)cccc1NC(=O)[C@@H]1CC(=O)Nc2nc(N3CCC(C(N)=O)CC3)[nH]c(=O)c21. The van der Waals surface area contributed by atoms with Gasteiger partial charge in [-0.2, -0.15) is 4.98 Å². The van der Waals surface area contributed by atoms with Crippen molar-refractivity contribution in [2.24, 2.45) is 11.7 Å². The van der Waals surface area contributed by atoms with Crippen molar-refractivity contribution in [3.63, 3.8) is 0 Å². The van der Waals surface area contributed by atoms with E-state index in [0.717, 1.165) is 0 Å². The smallest absolute Gasteiger partial charge is 0.258 e. The van der Waals surface area contributed by atoms with Crippen LogP contribution in [-0.2, 0) is 14.4 Å². The topological polar surface area (TPSA) is 150 Å². The number of rotatable bonds is 4. The molecule has 1 fully saturated rings. The zero-order chi connectivity index (χ0) is 23.0. The van der Waals surface area contributed by atoms with E-state index in [0.29, 0.717) is 42.2 Å². The molecule has 0 radical (unpaired) electrons. The minimum Gasteiger partial charge on any atom is -0.369 e. The summed E-state index contributed by atoms with van der Waals surface area (Å²) in [6.07, 6.45) is 0.922. The van der Waals surface area contributed by atoms with Gasteiger partial charge in [-0.05, 0) is 37.5 Å². The van der Waals surface area contributed by atoms with E-state index in [1.54, 1.807) is 25.1 Å². The first-order valence-electron chi connectivity index (χ1n) is 10.3. The summed E-state index contributed by atoms with van der Waals surface area (Å²) in [5.41, 5.74) is 6.18. The molecule has 11 heteroatoms. The Morgan fingerprint density at radius 3 is 2.66 bits per heavy atom. The lowest BCUT2D eigenvalue weighted by molar-refractivity contribution is -0.123. The lowest BCUT2D eigenvalue weighted by Crippen LogP contribution is -2.41. The van der Waals surface area contributed by atoms with Crippen LogP contribution in [0.4, 0.5) is 17.5 Å². The van der Waals surface area contributed by atoms with Crippen molar-refractivity contribution >= 4 is 46.8 Å². The van der Waals surface area contributed by atoms with Gasteiger partial charge in [0.05, 0.1) is 11.5 Å². The van der Waals surface area contributed by atoms with E-state index in [1.807, 2.05) is 4.90 Å². The minimum atomic E-state index is -0.997. The fourth-order valence-corrected chi connectivity index (χ4v) is 4.25. The van der Waals surface area contributed by atoms with Crippen molar-refractivity contribution in [2.45, 2.75) is 32.1 Å². The van der Waals surface area contributed by atoms with E-state index in [4.69, 9.17) is 17.3 Å². The lowest BCUT2D eigenvalue weighted by Gasteiger charge is -2.32. The molecular weight excluding hydrogens is 436 g/mol. The number of hydrogen-bond donors (Lipinski definition) is 4. The van der Waals surface area contributed by atoms with Gasteiger partial charge in [-0.25, -0.2) is 0 Å². The summed E-state index contributed by atoms with van der Waals surface area (Å²) in [5.74, 6) is -2.09. The second-order valence-electron chi connectivity index (χ2n) is 8.02. The van der Waals surface area contributed by atoms with Crippen molar-refractivity contribution in [3.05, 3.63) is 44.7 Å². The highest BCUT2D eigenvalue weighted by Gasteiger charge is 2.35. The molecule has 0 bridgehead atoms. The van der Waals surface area contributed by atoms with E-state index in [2.05, 4.69) is 20.6 Å². The molecule has 4 rings (SSSR count). The number of aromatic amines is 1. The number of halogens is 1. The average Bonchev–Trinajstić information content (AvgIpc) is 2.76. The Hall–Kier alpha value is -3.40. The fraction of sp³-hybridized carbons (Fsp3) is 0.381. The molecule has 1 saturated heterocycles. The molecule has 3 amide bonds. The van der Waals surface area contributed by atoms with Crippen LogP contribution in [0.2, 0.25) is 5.02 Å². The molecule has 2 aromatic rings. The number of carbonyl (C=O) groups excluding carboxylic acids is 3. The van der Waals surface area contributed by atoms with E-state index in [1.165, 1.54) is 0 Å². The van der Waals surface area contributed by atoms with Crippen molar-refractivity contribution in [1.29, 1.82) is 0 Å². The van der Waals surface area contributed by atoms with Gasteiger partial charge in [0.25, 0.3) is 5.56 Å². The highest BCUT2D eigenvalue weighted by Crippen LogP contribution is 2.32. The van der Waals surface area contributed by atoms with Gasteiger partial charge in [0.15, 0.2) is 0 Å². The predicted octanol–water partition coefficient (Wildman–Crippen LogP) is 1.50. The van der Waals surface area contributed by atoms with Crippen molar-refractivity contribution in [3.8, 4) is 0 Å². The van der Waals surface area contributed by atoms with Crippen LogP contribution in [0, 0.1) is 12.8 Å². The van der Waals surface area contributed by atoms with Crippen LogP contribution in [0.25, 0.3) is 0 Å². The second kappa shape index (κ2) is 8.62. The number of nitrogens with zero attached hydrogens (tertiary/aromatic N) is 2. The van der Waals surface area contributed by atoms with Crippen molar-refractivity contribution < 1.29 is 14.4 Å². The molecule has 1 aromatic carbocycles. The van der Waals surface area contributed by atoms with Crippen LogP contribution in [0.5, 0.6) is 0 Å². The third-order valence-electron chi connectivity index (χ3n) is 5.98. The molecule has 0 saturated carbocycles. The molecule has 168 valence electrons. The van der Waals surface area contributed by atoms with Crippen molar-refractivity contribution in [2.75, 3.05) is 28.6 Å². The van der Waals surface area contributed by atoms with E-state index in [-0.39, 0.29) is 35.6 Å². The number of hydrogen-bond acceptors (Lipinski definition) is 6. The predicted molar refractivity (Wildman–Crippen MR) is 120 cm³/mol. The Labute approximate surface area is 188 Å². The van der Waals surface area contributed by atoms with Crippen LogP contribution in [0.1, 0.15) is 36.3 Å². The Bertz CT molecular complexity index is 1160. The Morgan fingerprint density at radius 1 is 1.25 bits per heavy atom. The second-order valence-corrected chi connectivity index (χ2v) is 8.43. The van der Waals surface area contributed by atoms with Crippen LogP contribution in [0.15, 0.2) is 23.0 Å². The molecule has 2 aliphatic rings. The first kappa shape index (κ1) is 21.8. The number of amides is 3. The van der Waals surface area contributed by atoms with E-state index < -0.39 is 23.3 Å². The summed E-state index contributed by atoms with van der Waals surface area (Å²) in [7, 11) is 0. The van der Waals surface area contributed by atoms with Gasteiger partial charge in [0.1, 0.15) is 5.82 Å². The molecule has 0 aliphatic carbocycles. The van der Waals surface area contributed by atoms with Crippen LogP contribution < -0.4 is 26.8 Å². The maximum Gasteiger partial charge on any atom is 0.258 e. The number of piperidine rings is 1. The number of aromatic nitrogens is 2. The number of anilines is 3. The third-order valence-corrected chi connectivity index (χ3v) is 6.39. The molecule has 0 spiro atoms. The van der Waals surface area contributed by atoms with Gasteiger partial charge >= 0.3 is 0 Å². The molecule has 0 unspecified atom stereocenters. The summed E-state index contributed by atoms with van der Waals surface area (Å²) in [5, 5.41) is 5.86. The summed E-state index contributed by atoms with van der Waals surface area (Å²) < 4.78 is 0. The number of nitrogens with two attached hydrogens (primary N) is 1. The Kier molecular flexibility index (Phi) is 5.88. The number of fused-ring (bicyclic) bond motifs is 1. The number of nitrogens with one attached hydrogen (secondary N) is 3. The lowest BCUT2D eigenvalue weighted by atomic mass is 9.92. The first-order chi connectivity index (χ1) is 15.2. The molecular formula is C21H23ClN6O4. The molecule has 1 aromatic heterocycles. The number of primary amides is 1.